The SMILES string of the molecule is O=C(C/C(O)=C/c1nc2ccccc2[nH]c1=O)c1ccccc1. The minimum absolute atomic E-state index is 0.0714. The van der Waals surface area contributed by atoms with E-state index in [0.29, 0.717) is 16.6 Å². The first-order valence-electron chi connectivity index (χ1n) is 7.10. The maximum atomic E-state index is 12.0. The van der Waals surface area contributed by atoms with Crippen LogP contribution in [0.3, 0.4) is 0 Å². The fourth-order valence-electron chi connectivity index (χ4n) is 2.24. The average Bonchev–Trinajstić information content (AvgIpc) is 2.56. The summed E-state index contributed by atoms with van der Waals surface area (Å²) in [7, 11) is 0. The van der Waals surface area contributed by atoms with Gasteiger partial charge in [0.15, 0.2) is 5.78 Å². The second-order valence-corrected chi connectivity index (χ2v) is 5.07. The normalized spacial score (nSPS) is 11.6. The largest absolute Gasteiger partial charge is 0.512 e. The minimum atomic E-state index is -0.414. The molecule has 3 rings (SSSR count). The summed E-state index contributed by atoms with van der Waals surface area (Å²) >= 11 is 0. The summed E-state index contributed by atoms with van der Waals surface area (Å²) in [5, 5.41) is 9.98. The number of nitrogens with zero attached hydrogens (tertiary/aromatic N) is 1. The Morgan fingerprint density at radius 1 is 1.09 bits per heavy atom. The van der Waals surface area contributed by atoms with Gasteiger partial charge in [-0.3, -0.25) is 9.59 Å². The molecule has 0 unspecified atom stereocenters. The number of aliphatic hydroxyl groups is 1. The number of nitrogens with one attached hydrogen (secondary N) is 1. The molecule has 2 N–H and O–H groups in total. The van der Waals surface area contributed by atoms with Crippen LogP contribution in [0.5, 0.6) is 0 Å². The quantitative estimate of drug-likeness (QED) is 0.573. The maximum absolute atomic E-state index is 12.0. The lowest BCUT2D eigenvalue weighted by Crippen LogP contribution is -2.12. The Kier molecular flexibility index (Phi) is 4.01. The van der Waals surface area contributed by atoms with Crippen LogP contribution in [0, 0.1) is 0 Å². The number of hydrogen-bond donors (Lipinski definition) is 2. The molecule has 0 saturated heterocycles. The van der Waals surface area contributed by atoms with Crippen molar-refractivity contribution in [2.24, 2.45) is 0 Å². The third kappa shape index (κ3) is 3.35. The maximum Gasteiger partial charge on any atom is 0.274 e. The van der Waals surface area contributed by atoms with Crippen molar-refractivity contribution in [3.8, 4) is 0 Å². The van der Waals surface area contributed by atoms with Crippen molar-refractivity contribution < 1.29 is 9.90 Å². The number of carbonyl (C=O) groups excluding carboxylic acids is 1. The Balaban J connectivity index is 1.87. The summed E-state index contributed by atoms with van der Waals surface area (Å²) in [6, 6.07) is 15.8. The minimum Gasteiger partial charge on any atom is -0.512 e. The van der Waals surface area contributed by atoms with Gasteiger partial charge in [-0.1, -0.05) is 42.5 Å². The van der Waals surface area contributed by atoms with Crippen LogP contribution < -0.4 is 5.56 Å². The number of fused-ring (bicyclic) bond motifs is 1. The molecule has 0 spiro atoms. The van der Waals surface area contributed by atoms with E-state index in [0.717, 1.165) is 0 Å². The predicted molar refractivity (Wildman–Crippen MR) is 88.4 cm³/mol. The number of aromatic amines is 1. The standard InChI is InChI=1S/C18H14N2O3/c21-13(11-17(22)12-6-2-1-3-7-12)10-16-18(23)20-15-9-5-4-8-14(15)19-16/h1-10,21H,11H2,(H,20,23)/b13-10-. The highest BCUT2D eigenvalue weighted by atomic mass is 16.3. The number of carbonyl (C=O) groups is 1. The number of aliphatic hydroxyl groups excluding tert-OH is 1. The van der Waals surface area contributed by atoms with E-state index in [9.17, 15) is 14.7 Å². The highest BCUT2D eigenvalue weighted by Gasteiger charge is 2.09. The van der Waals surface area contributed by atoms with E-state index in [4.69, 9.17) is 0 Å². The molecule has 2 aromatic carbocycles. The number of H-pyrrole nitrogens is 1. The van der Waals surface area contributed by atoms with Gasteiger partial charge in [-0.05, 0) is 12.1 Å². The van der Waals surface area contributed by atoms with E-state index in [1.165, 1.54) is 6.08 Å². The highest BCUT2D eigenvalue weighted by Crippen LogP contribution is 2.11. The van der Waals surface area contributed by atoms with Gasteiger partial charge in [0.25, 0.3) is 5.56 Å². The zero-order valence-electron chi connectivity index (χ0n) is 12.2. The highest BCUT2D eigenvalue weighted by molar-refractivity contribution is 5.97. The van der Waals surface area contributed by atoms with Crippen LogP contribution in [-0.4, -0.2) is 20.9 Å². The van der Waals surface area contributed by atoms with E-state index in [-0.39, 0.29) is 23.7 Å². The third-order valence-corrected chi connectivity index (χ3v) is 3.37. The van der Waals surface area contributed by atoms with Gasteiger partial charge in [-0.25, -0.2) is 4.98 Å². The summed E-state index contributed by atoms with van der Waals surface area (Å²) in [4.78, 5) is 30.9. The number of para-hydroxylation sites is 2. The van der Waals surface area contributed by atoms with Crippen LogP contribution >= 0.6 is 0 Å². The molecule has 5 nitrogen and oxygen atoms in total. The monoisotopic (exact) mass is 306 g/mol. The number of Topliss-reactive ketones (excluding diaryl/α,β-unsaturated/α-hetero) is 1. The Morgan fingerprint density at radius 3 is 2.57 bits per heavy atom. The molecule has 0 aliphatic heterocycles. The molecule has 1 heterocycles. The molecule has 5 heteroatoms. The molecule has 23 heavy (non-hydrogen) atoms. The number of ketones is 1. The molecule has 0 amide bonds. The van der Waals surface area contributed by atoms with Gasteiger partial charge in [0.1, 0.15) is 11.5 Å². The Hall–Kier alpha value is -3.21. The molecular weight excluding hydrogens is 292 g/mol. The molecule has 0 aliphatic rings. The molecule has 0 bridgehead atoms. The summed E-state index contributed by atoms with van der Waals surface area (Å²) < 4.78 is 0. The molecular formula is C18H14N2O3. The number of aromatic nitrogens is 2. The molecule has 0 fully saturated rings. The molecule has 0 atom stereocenters. The number of rotatable bonds is 4. The van der Waals surface area contributed by atoms with Crippen molar-refractivity contribution in [3.05, 3.63) is 82.0 Å². The first-order valence-corrected chi connectivity index (χ1v) is 7.10. The lowest BCUT2D eigenvalue weighted by Gasteiger charge is -2.02. The predicted octanol–water partition coefficient (Wildman–Crippen LogP) is 3.10. The smallest absolute Gasteiger partial charge is 0.274 e. The third-order valence-electron chi connectivity index (χ3n) is 3.37. The molecule has 1 aromatic heterocycles. The van der Waals surface area contributed by atoms with Crippen LogP contribution in [0.1, 0.15) is 22.5 Å². The first-order chi connectivity index (χ1) is 11.1. The van der Waals surface area contributed by atoms with Gasteiger partial charge in [-0.2, -0.15) is 0 Å². The van der Waals surface area contributed by atoms with Gasteiger partial charge in [0.05, 0.1) is 17.5 Å². The summed E-state index contributed by atoms with van der Waals surface area (Å²) in [5.74, 6) is -0.427. The van der Waals surface area contributed by atoms with Crippen LogP contribution in [-0.2, 0) is 0 Å². The van der Waals surface area contributed by atoms with Crippen molar-refractivity contribution >= 4 is 22.9 Å². The van der Waals surface area contributed by atoms with Crippen molar-refractivity contribution in [1.29, 1.82) is 0 Å². The average molecular weight is 306 g/mol. The van der Waals surface area contributed by atoms with E-state index < -0.39 is 5.56 Å². The van der Waals surface area contributed by atoms with E-state index in [1.807, 2.05) is 6.07 Å². The Morgan fingerprint density at radius 2 is 1.78 bits per heavy atom. The van der Waals surface area contributed by atoms with Gasteiger partial charge >= 0.3 is 0 Å². The van der Waals surface area contributed by atoms with E-state index in [1.54, 1.807) is 48.5 Å². The van der Waals surface area contributed by atoms with Crippen LogP contribution in [0.4, 0.5) is 0 Å². The van der Waals surface area contributed by atoms with Gasteiger partial charge in [-0.15, -0.1) is 0 Å². The topological polar surface area (TPSA) is 83.0 Å². The van der Waals surface area contributed by atoms with Crippen molar-refractivity contribution in [2.75, 3.05) is 0 Å². The summed E-state index contributed by atoms with van der Waals surface area (Å²) in [6.07, 6.45) is 1.05. The number of allylic oxidation sites excluding steroid dienone is 1. The molecule has 0 saturated carbocycles. The molecule has 114 valence electrons. The molecule has 0 aliphatic carbocycles. The Labute approximate surface area is 131 Å². The van der Waals surface area contributed by atoms with Crippen LogP contribution in [0.25, 0.3) is 17.1 Å². The van der Waals surface area contributed by atoms with E-state index in [2.05, 4.69) is 9.97 Å². The van der Waals surface area contributed by atoms with Crippen molar-refractivity contribution in [3.63, 3.8) is 0 Å². The fourth-order valence-corrected chi connectivity index (χ4v) is 2.24. The lowest BCUT2D eigenvalue weighted by molar-refractivity contribution is 0.0981. The zero-order chi connectivity index (χ0) is 16.2. The fraction of sp³-hybridized carbons (Fsp3) is 0.0556. The summed E-state index contributed by atoms with van der Waals surface area (Å²) in [5.41, 5.74) is 1.40. The van der Waals surface area contributed by atoms with Crippen molar-refractivity contribution in [2.45, 2.75) is 6.42 Å². The summed E-state index contributed by atoms with van der Waals surface area (Å²) in [6.45, 7) is 0. The number of hydrogen-bond acceptors (Lipinski definition) is 4. The molecule has 3 aromatic rings. The first kappa shape index (κ1) is 14.7. The van der Waals surface area contributed by atoms with Gasteiger partial charge < -0.3 is 10.1 Å². The number of benzene rings is 2. The lowest BCUT2D eigenvalue weighted by atomic mass is 10.1. The Bertz CT molecular complexity index is 943. The second-order valence-electron chi connectivity index (χ2n) is 5.07. The van der Waals surface area contributed by atoms with Gasteiger partial charge in [0.2, 0.25) is 0 Å². The molecule has 0 radical (unpaired) electrons. The van der Waals surface area contributed by atoms with Crippen LogP contribution in [0.15, 0.2) is 65.2 Å². The van der Waals surface area contributed by atoms with Crippen LogP contribution in [0.2, 0.25) is 0 Å². The van der Waals surface area contributed by atoms with Gasteiger partial charge in [0, 0.05) is 11.6 Å². The second kappa shape index (κ2) is 6.27. The zero-order valence-corrected chi connectivity index (χ0v) is 12.2. The van der Waals surface area contributed by atoms with E-state index >= 15 is 0 Å². The van der Waals surface area contributed by atoms with Crippen molar-refractivity contribution in [1.82, 2.24) is 9.97 Å².